The number of benzene rings is 1. The zero-order chi connectivity index (χ0) is 11.4. The van der Waals surface area contributed by atoms with E-state index in [1.807, 2.05) is 26.1 Å². The van der Waals surface area contributed by atoms with Crippen LogP contribution in [-0.4, -0.2) is 31.2 Å². The summed E-state index contributed by atoms with van der Waals surface area (Å²) in [6, 6.07) is 6.85. The number of likely N-dealkylation sites (N-methyl/N-ethyl adjacent to an activating group) is 1. The van der Waals surface area contributed by atoms with Crippen molar-refractivity contribution in [1.29, 1.82) is 0 Å². The van der Waals surface area contributed by atoms with E-state index in [1.54, 1.807) is 12.1 Å². The van der Waals surface area contributed by atoms with Gasteiger partial charge in [0.05, 0.1) is 0 Å². The molecule has 0 aliphatic rings. The van der Waals surface area contributed by atoms with Crippen molar-refractivity contribution in [3.8, 4) is 0 Å². The minimum atomic E-state index is -0.901. The SMILES string of the molecule is B=C(NC)[C@H](C)c1ccc(C(=O)O)cc1. The van der Waals surface area contributed by atoms with Gasteiger partial charge in [0.2, 0.25) is 0 Å². The average molecular weight is 203 g/mol. The second kappa shape index (κ2) is 4.78. The van der Waals surface area contributed by atoms with Crippen LogP contribution < -0.4 is 5.32 Å². The number of hydrogen-bond donors (Lipinski definition) is 2. The van der Waals surface area contributed by atoms with Gasteiger partial charge in [-0.05, 0) is 0 Å². The molecule has 0 aliphatic heterocycles. The summed E-state index contributed by atoms with van der Waals surface area (Å²) >= 11 is 0. The molecule has 0 fully saturated rings. The van der Waals surface area contributed by atoms with Gasteiger partial charge in [-0.3, -0.25) is 0 Å². The van der Waals surface area contributed by atoms with Crippen LogP contribution >= 0.6 is 0 Å². The summed E-state index contributed by atoms with van der Waals surface area (Å²) in [5.41, 5.74) is 2.28. The maximum absolute atomic E-state index is 10.6. The van der Waals surface area contributed by atoms with Crippen molar-refractivity contribution >= 4 is 19.0 Å². The Hall–Kier alpha value is -1.58. The van der Waals surface area contributed by atoms with Crippen LogP contribution in [0.4, 0.5) is 0 Å². The van der Waals surface area contributed by atoms with Crippen molar-refractivity contribution in [2.75, 3.05) is 7.05 Å². The monoisotopic (exact) mass is 203 g/mol. The first kappa shape index (κ1) is 11.5. The molecule has 0 aliphatic carbocycles. The molecule has 0 amide bonds. The second-order valence-corrected chi connectivity index (χ2v) is 3.42. The van der Waals surface area contributed by atoms with Crippen LogP contribution in [-0.2, 0) is 0 Å². The molecule has 3 nitrogen and oxygen atoms in total. The third kappa shape index (κ3) is 2.69. The number of hydrogen-bond acceptors (Lipinski definition) is 2. The van der Waals surface area contributed by atoms with E-state index in [9.17, 15) is 4.79 Å². The zero-order valence-electron chi connectivity index (χ0n) is 8.95. The Morgan fingerprint density at radius 3 is 2.33 bits per heavy atom. The predicted octanol–water partition coefficient (Wildman–Crippen LogP) is 0.738. The number of carboxylic acid groups (broad SMARTS) is 1. The first-order valence-electron chi connectivity index (χ1n) is 4.76. The molecule has 78 valence electrons. The molecule has 0 saturated carbocycles. The minimum absolute atomic E-state index is 0.179. The van der Waals surface area contributed by atoms with Crippen molar-refractivity contribution in [3.05, 3.63) is 35.4 Å². The number of carboxylic acids is 1. The molecule has 1 aromatic rings. The van der Waals surface area contributed by atoms with Crippen molar-refractivity contribution in [2.45, 2.75) is 12.8 Å². The molecule has 0 heterocycles. The number of rotatable bonds is 4. The third-order valence-corrected chi connectivity index (χ3v) is 2.50. The van der Waals surface area contributed by atoms with Gasteiger partial charge in [0.25, 0.3) is 0 Å². The Labute approximate surface area is 90.2 Å². The normalized spacial score (nSPS) is 11.8. The standard InChI is InChI=1S/C11H14BNO2/c1-7(10(12)13-2)8-3-5-9(6-4-8)11(14)15/h3-7,12-13H,1-2H3,(H,14,15)/t7-/m1/s1. The Balaban J connectivity index is 2.89. The summed E-state index contributed by atoms with van der Waals surface area (Å²) in [4.78, 5) is 10.6. The van der Waals surface area contributed by atoms with Crippen LogP contribution in [0.5, 0.6) is 0 Å². The molecule has 2 N–H and O–H groups in total. The van der Waals surface area contributed by atoms with Gasteiger partial charge in [-0.25, -0.2) is 0 Å². The van der Waals surface area contributed by atoms with E-state index in [2.05, 4.69) is 12.8 Å². The van der Waals surface area contributed by atoms with E-state index in [-0.39, 0.29) is 5.92 Å². The first-order valence-corrected chi connectivity index (χ1v) is 4.76. The van der Waals surface area contributed by atoms with E-state index in [0.717, 1.165) is 11.2 Å². The molecule has 0 spiro atoms. The molecular weight excluding hydrogens is 189 g/mol. The van der Waals surface area contributed by atoms with Gasteiger partial charge >= 0.3 is 89.5 Å². The molecule has 0 radical (unpaired) electrons. The zero-order valence-corrected chi connectivity index (χ0v) is 8.95. The van der Waals surface area contributed by atoms with Gasteiger partial charge in [-0.1, -0.05) is 0 Å². The Morgan fingerprint density at radius 2 is 1.93 bits per heavy atom. The van der Waals surface area contributed by atoms with E-state index in [0.29, 0.717) is 5.56 Å². The second-order valence-electron chi connectivity index (χ2n) is 3.42. The van der Waals surface area contributed by atoms with Crippen molar-refractivity contribution in [3.63, 3.8) is 0 Å². The molecule has 1 atom stereocenters. The summed E-state index contributed by atoms with van der Waals surface area (Å²) in [7, 11) is 5.70. The molecular formula is C11H14BNO2. The number of carbonyl (C=O) groups is 1. The Kier molecular flexibility index (Phi) is 3.66. The van der Waals surface area contributed by atoms with Gasteiger partial charge in [-0.2, -0.15) is 0 Å². The van der Waals surface area contributed by atoms with E-state index >= 15 is 0 Å². The van der Waals surface area contributed by atoms with Gasteiger partial charge < -0.3 is 0 Å². The third-order valence-electron chi connectivity index (χ3n) is 2.50. The maximum atomic E-state index is 10.6. The van der Waals surface area contributed by atoms with E-state index < -0.39 is 5.97 Å². The van der Waals surface area contributed by atoms with Crippen LogP contribution in [0.1, 0.15) is 28.8 Å². The van der Waals surface area contributed by atoms with Gasteiger partial charge in [-0.15, -0.1) is 0 Å². The molecule has 15 heavy (non-hydrogen) atoms. The fraction of sp³-hybridized carbons (Fsp3) is 0.273. The molecule has 0 aromatic heterocycles. The Morgan fingerprint density at radius 1 is 1.40 bits per heavy atom. The van der Waals surface area contributed by atoms with Crippen LogP contribution in [0.2, 0.25) is 0 Å². The summed E-state index contributed by atoms with van der Waals surface area (Å²) in [6.07, 6.45) is 0. The van der Waals surface area contributed by atoms with Gasteiger partial charge in [0.15, 0.2) is 0 Å². The molecule has 0 unspecified atom stereocenters. The molecule has 4 heteroatoms. The van der Waals surface area contributed by atoms with Gasteiger partial charge in [0, 0.05) is 0 Å². The number of aromatic carboxylic acids is 1. The van der Waals surface area contributed by atoms with Crippen molar-refractivity contribution in [2.24, 2.45) is 0 Å². The average Bonchev–Trinajstić information content (AvgIpc) is 2.27. The predicted molar refractivity (Wildman–Crippen MR) is 63.0 cm³/mol. The number of nitrogens with one attached hydrogen (secondary N) is 1. The van der Waals surface area contributed by atoms with Gasteiger partial charge in [0.1, 0.15) is 0 Å². The quantitative estimate of drug-likeness (QED) is 0.709. The van der Waals surface area contributed by atoms with Crippen LogP contribution in [0.3, 0.4) is 0 Å². The summed E-state index contributed by atoms with van der Waals surface area (Å²) in [5.74, 6) is -0.723. The van der Waals surface area contributed by atoms with E-state index in [4.69, 9.17) is 5.11 Å². The summed E-state index contributed by atoms with van der Waals surface area (Å²) in [5, 5.41) is 11.7. The molecule has 0 bridgehead atoms. The van der Waals surface area contributed by atoms with Crippen molar-refractivity contribution < 1.29 is 9.90 Å². The summed E-state index contributed by atoms with van der Waals surface area (Å²) < 4.78 is 0. The first-order chi connectivity index (χ1) is 7.06. The topological polar surface area (TPSA) is 49.3 Å². The molecule has 1 rings (SSSR count). The van der Waals surface area contributed by atoms with Crippen LogP contribution in [0, 0.1) is 0 Å². The Bertz CT molecular complexity index is 373. The molecule has 1 aromatic carbocycles. The van der Waals surface area contributed by atoms with Crippen LogP contribution in [0.25, 0.3) is 0 Å². The van der Waals surface area contributed by atoms with Crippen LogP contribution in [0.15, 0.2) is 24.3 Å². The summed E-state index contributed by atoms with van der Waals surface area (Å²) in [6.45, 7) is 2.02. The molecule has 0 saturated heterocycles. The fourth-order valence-electron chi connectivity index (χ4n) is 1.33. The van der Waals surface area contributed by atoms with E-state index in [1.165, 1.54) is 0 Å². The fourth-order valence-corrected chi connectivity index (χ4v) is 1.33. The van der Waals surface area contributed by atoms with Crippen molar-refractivity contribution in [1.82, 2.24) is 5.32 Å².